The lowest BCUT2D eigenvalue weighted by molar-refractivity contribution is 0.239. The van der Waals surface area contributed by atoms with Crippen molar-refractivity contribution in [3.8, 4) is 0 Å². The minimum atomic E-state index is 0.131. The monoisotopic (exact) mass is 228 g/mol. The predicted octanol–water partition coefficient (Wildman–Crippen LogP) is 0.876. The Labute approximate surface area is 93.1 Å². The van der Waals surface area contributed by atoms with Gasteiger partial charge in [0, 0.05) is 6.54 Å². The number of hydrogen-bond donors (Lipinski definition) is 1. The Morgan fingerprint density at radius 1 is 1.53 bits per heavy atom. The van der Waals surface area contributed by atoms with Crippen LogP contribution in [-0.2, 0) is 0 Å². The summed E-state index contributed by atoms with van der Waals surface area (Å²) in [5.41, 5.74) is 0. The van der Waals surface area contributed by atoms with Crippen LogP contribution in [0.5, 0.6) is 0 Å². The van der Waals surface area contributed by atoms with Gasteiger partial charge < -0.3 is 10.0 Å². The van der Waals surface area contributed by atoms with Crippen molar-refractivity contribution < 1.29 is 5.11 Å². The van der Waals surface area contributed by atoms with Gasteiger partial charge in [0.1, 0.15) is 0 Å². The lowest BCUT2D eigenvalue weighted by Gasteiger charge is -2.35. The van der Waals surface area contributed by atoms with Gasteiger partial charge in [-0.2, -0.15) is 10.1 Å². The van der Waals surface area contributed by atoms with Crippen molar-refractivity contribution in [2.75, 3.05) is 18.1 Å². The van der Waals surface area contributed by atoms with Crippen LogP contribution in [0.3, 0.4) is 0 Å². The van der Waals surface area contributed by atoms with Gasteiger partial charge in [-0.3, -0.25) is 0 Å². The van der Waals surface area contributed by atoms with Gasteiger partial charge >= 0.3 is 0 Å². The van der Waals surface area contributed by atoms with Crippen molar-refractivity contribution in [3.63, 3.8) is 0 Å². The number of piperidine rings is 1. The maximum absolute atomic E-state index is 9.25. The number of anilines is 1. The number of aliphatic hydroxyl groups excluding tert-OH is 1. The van der Waals surface area contributed by atoms with Crippen molar-refractivity contribution in [2.24, 2.45) is 0 Å². The minimum absolute atomic E-state index is 0.131. The number of aliphatic hydroxyl groups is 1. The molecule has 0 bridgehead atoms. The molecule has 5 nitrogen and oxygen atoms in total. The lowest BCUT2D eigenvalue weighted by atomic mass is 10.0. The lowest BCUT2D eigenvalue weighted by Crippen LogP contribution is -2.42. The number of nitrogens with zero attached hydrogens (tertiary/aromatic N) is 4. The highest BCUT2D eigenvalue weighted by Gasteiger charge is 2.23. The highest BCUT2D eigenvalue weighted by molar-refractivity contribution is 6.28. The summed E-state index contributed by atoms with van der Waals surface area (Å²) in [4.78, 5) is 6.15. The molecule has 0 spiro atoms. The Hall–Kier alpha value is -0.940. The van der Waals surface area contributed by atoms with Crippen molar-refractivity contribution in [1.82, 2.24) is 15.2 Å². The molecule has 2 rings (SSSR count). The van der Waals surface area contributed by atoms with E-state index in [0.29, 0.717) is 5.82 Å². The predicted molar refractivity (Wildman–Crippen MR) is 56.9 cm³/mol. The molecule has 6 heteroatoms. The van der Waals surface area contributed by atoms with Gasteiger partial charge in [-0.25, -0.2) is 0 Å². The molecule has 15 heavy (non-hydrogen) atoms. The molecule has 1 N–H and O–H groups in total. The summed E-state index contributed by atoms with van der Waals surface area (Å²) in [5, 5.41) is 16.8. The third-order valence-electron chi connectivity index (χ3n) is 2.65. The van der Waals surface area contributed by atoms with Crippen LogP contribution in [0.25, 0.3) is 0 Å². The maximum atomic E-state index is 9.25. The van der Waals surface area contributed by atoms with E-state index in [2.05, 4.69) is 15.2 Å². The van der Waals surface area contributed by atoms with E-state index in [1.807, 2.05) is 4.90 Å². The van der Waals surface area contributed by atoms with Gasteiger partial charge in [0.05, 0.1) is 18.8 Å². The third-order valence-corrected chi connectivity index (χ3v) is 2.81. The van der Waals surface area contributed by atoms with Crippen LogP contribution >= 0.6 is 11.6 Å². The molecule has 0 amide bonds. The topological polar surface area (TPSA) is 62.1 Å². The smallest absolute Gasteiger partial charge is 0.244 e. The zero-order valence-corrected chi connectivity index (χ0v) is 9.06. The Morgan fingerprint density at radius 3 is 3.13 bits per heavy atom. The molecule has 2 heterocycles. The van der Waals surface area contributed by atoms with Crippen molar-refractivity contribution in [3.05, 3.63) is 11.5 Å². The molecule has 0 aromatic carbocycles. The summed E-state index contributed by atoms with van der Waals surface area (Å²) in [6.07, 6.45) is 4.82. The van der Waals surface area contributed by atoms with E-state index in [9.17, 15) is 5.11 Å². The fourth-order valence-corrected chi connectivity index (χ4v) is 2.03. The summed E-state index contributed by atoms with van der Waals surface area (Å²) in [6, 6.07) is 0.131. The fourth-order valence-electron chi connectivity index (χ4n) is 1.90. The van der Waals surface area contributed by atoms with Gasteiger partial charge in [-0.1, -0.05) is 0 Å². The van der Waals surface area contributed by atoms with E-state index in [0.717, 1.165) is 25.8 Å². The average molecular weight is 229 g/mol. The average Bonchev–Trinajstić information content (AvgIpc) is 2.29. The van der Waals surface area contributed by atoms with Crippen LogP contribution in [0.2, 0.25) is 5.28 Å². The highest BCUT2D eigenvalue weighted by Crippen LogP contribution is 2.22. The Balaban J connectivity index is 2.20. The van der Waals surface area contributed by atoms with E-state index in [1.165, 1.54) is 0 Å². The number of rotatable bonds is 2. The molecule has 0 aliphatic carbocycles. The van der Waals surface area contributed by atoms with Gasteiger partial charge in [0.2, 0.25) is 5.28 Å². The van der Waals surface area contributed by atoms with Gasteiger partial charge in [-0.15, -0.1) is 5.10 Å². The summed E-state index contributed by atoms with van der Waals surface area (Å²) in [7, 11) is 0. The summed E-state index contributed by atoms with van der Waals surface area (Å²) < 4.78 is 0. The first-order valence-electron chi connectivity index (χ1n) is 5.04. The molecule has 0 saturated carbocycles. The number of aromatic nitrogens is 3. The Morgan fingerprint density at radius 2 is 2.40 bits per heavy atom. The fraction of sp³-hybridized carbons (Fsp3) is 0.667. The normalized spacial score (nSPS) is 21.7. The van der Waals surface area contributed by atoms with Crippen molar-refractivity contribution in [1.29, 1.82) is 0 Å². The summed E-state index contributed by atoms with van der Waals surface area (Å²) >= 11 is 5.68. The van der Waals surface area contributed by atoms with Crippen molar-refractivity contribution in [2.45, 2.75) is 25.3 Å². The molecule has 1 aromatic rings. The first-order valence-corrected chi connectivity index (χ1v) is 5.42. The van der Waals surface area contributed by atoms with Crippen LogP contribution in [0.15, 0.2) is 6.20 Å². The Kier molecular flexibility index (Phi) is 3.33. The molecule has 1 saturated heterocycles. The van der Waals surface area contributed by atoms with Crippen molar-refractivity contribution >= 4 is 17.4 Å². The molecule has 1 aliphatic rings. The molecular formula is C9H13ClN4O. The van der Waals surface area contributed by atoms with E-state index in [4.69, 9.17) is 11.6 Å². The van der Waals surface area contributed by atoms with Gasteiger partial charge in [0.25, 0.3) is 0 Å². The van der Waals surface area contributed by atoms with Crippen LogP contribution < -0.4 is 4.90 Å². The SMILES string of the molecule is OCC1CCCCN1c1cnnc(Cl)n1. The molecule has 1 aromatic heterocycles. The molecule has 1 fully saturated rings. The molecule has 82 valence electrons. The highest BCUT2D eigenvalue weighted by atomic mass is 35.5. The Bertz CT molecular complexity index is 336. The van der Waals surface area contributed by atoms with Gasteiger partial charge in [-0.05, 0) is 30.9 Å². The van der Waals surface area contributed by atoms with Crippen LogP contribution in [0.4, 0.5) is 5.82 Å². The zero-order valence-electron chi connectivity index (χ0n) is 8.30. The minimum Gasteiger partial charge on any atom is -0.394 e. The zero-order chi connectivity index (χ0) is 10.7. The maximum Gasteiger partial charge on any atom is 0.244 e. The van der Waals surface area contributed by atoms with E-state index in [-0.39, 0.29) is 17.9 Å². The molecule has 1 unspecified atom stereocenters. The van der Waals surface area contributed by atoms with Gasteiger partial charge in [0.15, 0.2) is 5.82 Å². The summed E-state index contributed by atoms with van der Waals surface area (Å²) in [5.74, 6) is 0.703. The molecular weight excluding hydrogens is 216 g/mol. The van der Waals surface area contributed by atoms with E-state index in [1.54, 1.807) is 6.20 Å². The molecule has 0 radical (unpaired) electrons. The number of hydrogen-bond acceptors (Lipinski definition) is 5. The second-order valence-corrected chi connectivity index (χ2v) is 3.95. The van der Waals surface area contributed by atoms with E-state index >= 15 is 0 Å². The third kappa shape index (κ3) is 2.35. The number of halogens is 1. The summed E-state index contributed by atoms with van der Waals surface area (Å²) in [6.45, 7) is 1.03. The largest absolute Gasteiger partial charge is 0.394 e. The first kappa shape index (κ1) is 10.6. The molecule has 1 atom stereocenters. The molecule has 1 aliphatic heterocycles. The van der Waals surface area contributed by atoms with E-state index < -0.39 is 0 Å². The second kappa shape index (κ2) is 4.72. The second-order valence-electron chi connectivity index (χ2n) is 3.61. The quantitative estimate of drug-likeness (QED) is 0.814. The van der Waals surface area contributed by atoms with Crippen LogP contribution in [0, 0.1) is 0 Å². The van der Waals surface area contributed by atoms with Crippen LogP contribution in [-0.4, -0.2) is 39.5 Å². The first-order chi connectivity index (χ1) is 7.31. The van der Waals surface area contributed by atoms with Crippen LogP contribution in [0.1, 0.15) is 19.3 Å². The standard InChI is InChI=1S/C9H13ClN4O/c10-9-12-8(5-11-13-9)14-4-2-1-3-7(14)6-15/h5,7,15H,1-4,6H2.